The van der Waals surface area contributed by atoms with Crippen molar-refractivity contribution < 1.29 is 33.4 Å². The van der Waals surface area contributed by atoms with Gasteiger partial charge in [-0.1, -0.05) is 45.9 Å². The minimum atomic E-state index is -0.936. The van der Waals surface area contributed by atoms with E-state index in [-0.39, 0.29) is 47.8 Å². The molecule has 1 N–H and O–H groups in total. The number of carbonyl (C=O) groups is 3. The van der Waals surface area contributed by atoms with Crippen molar-refractivity contribution in [2.24, 2.45) is 10.8 Å². The van der Waals surface area contributed by atoms with Gasteiger partial charge in [0.2, 0.25) is 0 Å². The lowest BCUT2D eigenvalue weighted by atomic mass is 9.63. The average molecular weight is 655 g/mol. The Balaban J connectivity index is 1.67. The van der Waals surface area contributed by atoms with Gasteiger partial charge in [-0.15, -0.1) is 0 Å². The number of allylic oxidation sites excluding steroid dienone is 4. The van der Waals surface area contributed by atoms with E-state index in [9.17, 15) is 23.9 Å². The van der Waals surface area contributed by atoms with E-state index in [2.05, 4.69) is 15.9 Å². The van der Waals surface area contributed by atoms with Crippen LogP contribution in [0.4, 0.5) is 4.39 Å². The number of carboxylic acids is 1. The quantitative estimate of drug-likeness (QED) is 0.319. The summed E-state index contributed by atoms with van der Waals surface area (Å²) in [4.78, 5) is 41.6. The Hall–Kier alpha value is -3.46. The van der Waals surface area contributed by atoms with Crippen LogP contribution in [0.5, 0.6) is 11.5 Å². The van der Waals surface area contributed by atoms with Gasteiger partial charge in [-0.3, -0.25) is 14.4 Å². The van der Waals surface area contributed by atoms with Crippen LogP contribution in [0.25, 0.3) is 0 Å². The van der Waals surface area contributed by atoms with Crippen molar-refractivity contribution in [3.05, 3.63) is 80.4 Å². The van der Waals surface area contributed by atoms with E-state index in [1.165, 1.54) is 13.2 Å². The highest BCUT2D eigenvalue weighted by Crippen LogP contribution is 2.55. The molecule has 2 aliphatic carbocycles. The minimum absolute atomic E-state index is 0.0192. The van der Waals surface area contributed by atoms with E-state index in [0.717, 1.165) is 11.4 Å². The third-order valence-electron chi connectivity index (χ3n) is 8.49. The van der Waals surface area contributed by atoms with E-state index < -0.39 is 11.9 Å². The Bertz CT molecular complexity index is 1520. The molecule has 0 atom stereocenters. The zero-order chi connectivity index (χ0) is 31.3. The summed E-state index contributed by atoms with van der Waals surface area (Å²) in [5.41, 5.74) is 3.13. The fraction of sp³-hybridized carbons (Fsp3) is 0.441. The maximum absolute atomic E-state index is 14.3. The number of Topliss-reactive ketones (excluding diaryl/α,β-unsaturated/α-hetero) is 2. The lowest BCUT2D eigenvalue weighted by Crippen LogP contribution is -2.45. The number of halogens is 2. The van der Waals surface area contributed by atoms with Crippen molar-refractivity contribution in [2.45, 2.75) is 72.3 Å². The molecule has 2 aromatic carbocycles. The fourth-order valence-electron chi connectivity index (χ4n) is 6.67. The number of carboxylic acid groups (broad SMARTS) is 1. The molecule has 0 unspecified atom stereocenters. The second kappa shape index (κ2) is 11.6. The van der Waals surface area contributed by atoms with Crippen LogP contribution < -0.4 is 9.47 Å². The normalized spacial score (nSPS) is 19.7. The molecular weight excluding hydrogens is 617 g/mol. The summed E-state index contributed by atoms with van der Waals surface area (Å²) in [5, 5.41) is 9.58. The summed E-state index contributed by atoms with van der Waals surface area (Å²) in [5.74, 6) is -1.28. The van der Waals surface area contributed by atoms with E-state index in [1.54, 1.807) is 24.3 Å². The smallest absolute Gasteiger partial charge is 0.305 e. The lowest BCUT2D eigenvalue weighted by Gasteiger charge is -2.49. The van der Waals surface area contributed by atoms with Crippen LogP contribution in [0, 0.1) is 16.6 Å². The van der Waals surface area contributed by atoms with E-state index >= 15 is 0 Å². The standard InChI is InChI=1S/C34H37BrFNO6/c1-33(2)14-23-30(25(38)16-33)29(31-24(37(23)11-10-28(40)41)15-34(3,4)17-26(31)39)20-12-21(35)32(27(13-20)42-5)43-18-19-8-6-7-9-22(19)36/h6-9,12-13,29H,10-11,14-18H2,1-5H3,(H,40,41). The summed E-state index contributed by atoms with van der Waals surface area (Å²) < 4.78 is 26.6. The Labute approximate surface area is 259 Å². The molecule has 1 aliphatic heterocycles. The van der Waals surface area contributed by atoms with Crippen molar-refractivity contribution in [3.8, 4) is 11.5 Å². The molecule has 7 nitrogen and oxygen atoms in total. The first-order valence-electron chi connectivity index (χ1n) is 14.5. The molecule has 0 radical (unpaired) electrons. The molecule has 2 aromatic rings. The maximum atomic E-state index is 14.3. The predicted molar refractivity (Wildman–Crippen MR) is 163 cm³/mol. The summed E-state index contributed by atoms with van der Waals surface area (Å²) >= 11 is 3.62. The first kappa shape index (κ1) is 31.0. The molecule has 43 heavy (non-hydrogen) atoms. The van der Waals surface area contributed by atoms with Gasteiger partial charge < -0.3 is 19.5 Å². The number of ether oxygens (including phenoxy) is 2. The molecule has 9 heteroatoms. The Morgan fingerprint density at radius 1 is 1.00 bits per heavy atom. The topological polar surface area (TPSA) is 93.1 Å². The third kappa shape index (κ3) is 6.14. The van der Waals surface area contributed by atoms with Crippen molar-refractivity contribution in [2.75, 3.05) is 13.7 Å². The van der Waals surface area contributed by atoms with Gasteiger partial charge in [0.15, 0.2) is 23.1 Å². The zero-order valence-electron chi connectivity index (χ0n) is 25.2. The lowest BCUT2D eigenvalue weighted by molar-refractivity contribution is -0.137. The molecule has 228 valence electrons. The van der Waals surface area contributed by atoms with Gasteiger partial charge in [-0.25, -0.2) is 4.39 Å². The second-order valence-corrected chi connectivity index (χ2v) is 14.1. The highest BCUT2D eigenvalue weighted by molar-refractivity contribution is 9.10. The van der Waals surface area contributed by atoms with Crippen LogP contribution in [0.2, 0.25) is 0 Å². The maximum Gasteiger partial charge on any atom is 0.305 e. The van der Waals surface area contributed by atoms with Gasteiger partial charge in [0.25, 0.3) is 0 Å². The second-order valence-electron chi connectivity index (χ2n) is 13.2. The summed E-state index contributed by atoms with van der Waals surface area (Å²) in [6, 6.07) is 10.0. The zero-order valence-corrected chi connectivity index (χ0v) is 26.8. The van der Waals surface area contributed by atoms with E-state index in [0.29, 0.717) is 63.9 Å². The number of benzene rings is 2. The highest BCUT2D eigenvalue weighted by Gasteiger charge is 2.49. The van der Waals surface area contributed by atoms with E-state index in [1.807, 2.05) is 38.7 Å². The van der Waals surface area contributed by atoms with Crippen molar-refractivity contribution in [1.29, 1.82) is 0 Å². The van der Waals surface area contributed by atoms with Gasteiger partial charge >= 0.3 is 5.97 Å². The summed E-state index contributed by atoms with van der Waals surface area (Å²) in [6.45, 7) is 8.33. The molecule has 0 bridgehead atoms. The van der Waals surface area contributed by atoms with Crippen molar-refractivity contribution in [1.82, 2.24) is 4.90 Å². The van der Waals surface area contributed by atoms with Crippen molar-refractivity contribution >= 4 is 33.5 Å². The number of ketones is 2. The summed E-state index contributed by atoms with van der Waals surface area (Å²) in [6.07, 6.45) is 1.68. The Morgan fingerprint density at radius 3 is 2.12 bits per heavy atom. The van der Waals surface area contributed by atoms with Crippen LogP contribution in [-0.2, 0) is 21.0 Å². The number of methoxy groups -OCH3 is 1. The molecule has 0 saturated heterocycles. The van der Waals surface area contributed by atoms with E-state index in [4.69, 9.17) is 9.47 Å². The number of hydrogen-bond donors (Lipinski definition) is 1. The largest absolute Gasteiger partial charge is 0.493 e. The van der Waals surface area contributed by atoms with Crippen LogP contribution in [0.1, 0.15) is 76.8 Å². The molecule has 0 saturated carbocycles. The highest BCUT2D eigenvalue weighted by atomic mass is 79.9. The van der Waals surface area contributed by atoms with Crippen molar-refractivity contribution in [3.63, 3.8) is 0 Å². The van der Waals surface area contributed by atoms with Gasteiger partial charge in [0.1, 0.15) is 12.4 Å². The van der Waals surface area contributed by atoms with Crippen LogP contribution in [0.15, 0.2) is 63.4 Å². The fourth-order valence-corrected chi connectivity index (χ4v) is 7.24. The summed E-state index contributed by atoms with van der Waals surface area (Å²) in [7, 11) is 1.51. The first-order chi connectivity index (χ1) is 20.2. The first-order valence-corrected chi connectivity index (χ1v) is 15.3. The van der Waals surface area contributed by atoms with Crippen LogP contribution in [0.3, 0.4) is 0 Å². The Morgan fingerprint density at radius 2 is 1.58 bits per heavy atom. The SMILES string of the molecule is COc1cc(C2C3=C(CC(C)(C)CC3=O)N(CCC(=O)O)C3=C2C(=O)CC(C)(C)C3)cc(Br)c1OCc1ccccc1F. The van der Waals surface area contributed by atoms with Gasteiger partial charge in [-0.2, -0.15) is 0 Å². The van der Waals surface area contributed by atoms with Gasteiger partial charge in [-0.05, 0) is 63.4 Å². The number of aliphatic carboxylic acids is 1. The van der Waals surface area contributed by atoms with Gasteiger partial charge in [0.05, 0.1) is 18.0 Å². The van der Waals surface area contributed by atoms with Gasteiger partial charge in [0, 0.05) is 53.4 Å². The molecule has 1 heterocycles. The Kier molecular flexibility index (Phi) is 8.33. The molecule has 0 fully saturated rings. The molecule has 5 rings (SSSR count). The predicted octanol–water partition coefficient (Wildman–Crippen LogP) is 7.34. The number of carbonyl (C=O) groups excluding carboxylic acids is 2. The van der Waals surface area contributed by atoms with Crippen LogP contribution >= 0.6 is 15.9 Å². The molecular formula is C34H37BrFNO6. The number of nitrogens with zero attached hydrogens (tertiary/aromatic N) is 1. The average Bonchev–Trinajstić information content (AvgIpc) is 2.89. The monoisotopic (exact) mass is 653 g/mol. The molecule has 0 spiro atoms. The van der Waals surface area contributed by atoms with Crippen LogP contribution in [-0.4, -0.2) is 41.2 Å². The number of rotatable bonds is 8. The molecule has 0 aromatic heterocycles. The number of hydrogen-bond acceptors (Lipinski definition) is 6. The third-order valence-corrected chi connectivity index (χ3v) is 9.08. The molecule has 3 aliphatic rings. The molecule has 0 amide bonds. The minimum Gasteiger partial charge on any atom is -0.493 e.